The van der Waals surface area contributed by atoms with Gasteiger partial charge in [-0.15, -0.1) is 10.2 Å². The van der Waals surface area contributed by atoms with Crippen LogP contribution in [-0.2, 0) is 14.1 Å². The number of methoxy groups -OCH3 is 2. The zero-order chi connectivity index (χ0) is 27.7. The fourth-order valence-corrected chi connectivity index (χ4v) is 4.99. The minimum absolute atomic E-state index is 0.212. The molecule has 4 aromatic rings. The predicted octanol–water partition coefficient (Wildman–Crippen LogP) is 3.21. The molecule has 198 valence electrons. The number of benzene rings is 2. The first-order chi connectivity index (χ1) is 18.1. The molecule has 0 aliphatic rings. The van der Waals surface area contributed by atoms with Crippen molar-refractivity contribution in [1.29, 1.82) is 0 Å². The third-order valence-electron chi connectivity index (χ3n) is 5.75. The number of rotatable bonds is 8. The molecule has 0 aliphatic heterocycles. The summed E-state index contributed by atoms with van der Waals surface area (Å²) in [6.07, 6.45) is 0. The Hall–Kier alpha value is -3.74. The summed E-state index contributed by atoms with van der Waals surface area (Å²) in [5.41, 5.74) is 5.39. The Morgan fingerprint density at radius 3 is 2.34 bits per heavy atom. The number of ketones is 1. The van der Waals surface area contributed by atoms with Gasteiger partial charge < -0.3 is 15.2 Å². The molecular weight excluding hydrogens is 555 g/mol. The van der Waals surface area contributed by atoms with Crippen LogP contribution in [0.5, 0.6) is 11.5 Å². The molecule has 0 amide bonds. The third kappa shape index (κ3) is 4.89. The number of nitrogens with two attached hydrogens (primary N) is 1. The van der Waals surface area contributed by atoms with Gasteiger partial charge in [-0.05, 0) is 36.4 Å². The molecule has 38 heavy (non-hydrogen) atoms. The summed E-state index contributed by atoms with van der Waals surface area (Å²) < 4.78 is 14.3. The molecule has 4 rings (SSSR count). The first-order valence-electron chi connectivity index (χ1n) is 10.9. The van der Waals surface area contributed by atoms with Crippen LogP contribution in [0.1, 0.15) is 10.4 Å². The highest BCUT2D eigenvalue weighted by molar-refractivity contribution is 7.99. The summed E-state index contributed by atoms with van der Waals surface area (Å²) in [4.78, 5) is 37.9. The topological polar surface area (TPSA) is 136 Å². The van der Waals surface area contributed by atoms with Crippen molar-refractivity contribution in [2.75, 3.05) is 25.7 Å². The van der Waals surface area contributed by atoms with Crippen molar-refractivity contribution in [2.24, 2.45) is 14.1 Å². The zero-order valence-corrected chi connectivity index (χ0v) is 23.0. The molecule has 2 heterocycles. The van der Waals surface area contributed by atoms with Gasteiger partial charge in [-0.2, -0.15) is 0 Å². The molecule has 0 bridgehead atoms. The fourth-order valence-electron chi connectivity index (χ4n) is 3.74. The van der Waals surface area contributed by atoms with Crippen molar-refractivity contribution in [3.8, 4) is 28.6 Å². The highest BCUT2D eigenvalue weighted by Crippen LogP contribution is 2.37. The Morgan fingerprint density at radius 2 is 1.68 bits per heavy atom. The van der Waals surface area contributed by atoms with Gasteiger partial charge in [-0.1, -0.05) is 35.0 Å². The summed E-state index contributed by atoms with van der Waals surface area (Å²) in [7, 11) is 5.69. The lowest BCUT2D eigenvalue weighted by molar-refractivity contribution is 0.102. The van der Waals surface area contributed by atoms with Gasteiger partial charge in [-0.25, -0.2) is 4.79 Å². The van der Waals surface area contributed by atoms with Gasteiger partial charge in [0, 0.05) is 19.1 Å². The Bertz CT molecular complexity index is 1680. The van der Waals surface area contributed by atoms with Crippen molar-refractivity contribution in [3.63, 3.8) is 0 Å². The minimum atomic E-state index is -0.774. The fraction of sp³-hybridized carbons (Fsp3) is 0.208. The molecule has 0 unspecified atom stereocenters. The average molecular weight is 577 g/mol. The normalized spacial score (nSPS) is 11.0. The molecule has 0 aliphatic carbocycles. The van der Waals surface area contributed by atoms with Crippen molar-refractivity contribution < 1.29 is 14.3 Å². The van der Waals surface area contributed by atoms with Crippen LogP contribution in [0.15, 0.2) is 51.1 Å². The molecular formula is C24H22Cl2N6O5S. The van der Waals surface area contributed by atoms with Crippen LogP contribution in [0.2, 0.25) is 10.0 Å². The molecule has 0 atom stereocenters. The average Bonchev–Trinajstić information content (AvgIpc) is 3.33. The van der Waals surface area contributed by atoms with E-state index in [2.05, 4.69) is 10.2 Å². The van der Waals surface area contributed by atoms with E-state index in [-0.39, 0.29) is 17.1 Å². The number of nitrogen functional groups attached to an aromatic ring is 1. The van der Waals surface area contributed by atoms with Crippen molar-refractivity contribution >= 4 is 46.6 Å². The molecule has 2 aromatic carbocycles. The molecule has 0 saturated carbocycles. The van der Waals surface area contributed by atoms with Crippen LogP contribution in [0, 0.1) is 0 Å². The lowest BCUT2D eigenvalue weighted by atomic mass is 10.2. The van der Waals surface area contributed by atoms with Gasteiger partial charge in [0.25, 0.3) is 5.56 Å². The lowest BCUT2D eigenvalue weighted by Gasteiger charge is -2.14. The van der Waals surface area contributed by atoms with Gasteiger partial charge in [-0.3, -0.25) is 23.3 Å². The van der Waals surface area contributed by atoms with E-state index in [0.717, 1.165) is 20.9 Å². The van der Waals surface area contributed by atoms with Gasteiger partial charge in [0.15, 0.2) is 16.8 Å². The van der Waals surface area contributed by atoms with E-state index in [1.165, 1.54) is 28.3 Å². The van der Waals surface area contributed by atoms with E-state index in [9.17, 15) is 14.4 Å². The highest BCUT2D eigenvalue weighted by atomic mass is 35.5. The Balaban J connectivity index is 1.81. The van der Waals surface area contributed by atoms with Crippen LogP contribution >= 0.6 is 35.0 Å². The number of anilines is 1. The SMILES string of the molecule is COc1ccc(-n2c(SCC(=O)c3c(N)n(C)c(=O)n(C)c3=O)nnc2-c2cc(Cl)ccc2OC)cc1Cl. The first-order valence-corrected chi connectivity index (χ1v) is 12.7. The van der Waals surface area contributed by atoms with Gasteiger partial charge in [0.05, 0.1) is 36.2 Å². The van der Waals surface area contributed by atoms with E-state index in [1.807, 2.05) is 0 Å². The summed E-state index contributed by atoms with van der Waals surface area (Å²) >= 11 is 13.7. The van der Waals surface area contributed by atoms with E-state index in [4.69, 9.17) is 38.4 Å². The van der Waals surface area contributed by atoms with Crippen molar-refractivity contribution in [1.82, 2.24) is 23.9 Å². The zero-order valence-electron chi connectivity index (χ0n) is 20.7. The highest BCUT2D eigenvalue weighted by Gasteiger charge is 2.24. The summed E-state index contributed by atoms with van der Waals surface area (Å²) in [5.74, 6) is 0.335. The van der Waals surface area contributed by atoms with Crippen LogP contribution in [0.4, 0.5) is 5.82 Å². The minimum Gasteiger partial charge on any atom is -0.496 e. The standard InChI is InChI=1S/C24H22Cl2N6O5S/c1-30-20(27)19(22(34)31(2)24(30)35)16(33)11-38-23-29-28-21(14-9-12(25)5-7-17(14)36-3)32(23)13-6-8-18(37-4)15(26)10-13/h5-10H,11,27H2,1-4H3. The number of aromatic nitrogens is 5. The molecule has 2 aromatic heterocycles. The maximum absolute atomic E-state index is 13.1. The quantitative estimate of drug-likeness (QED) is 0.247. The Morgan fingerprint density at radius 1 is 1.00 bits per heavy atom. The molecule has 14 heteroatoms. The second kappa shape index (κ2) is 10.9. The lowest BCUT2D eigenvalue weighted by Crippen LogP contribution is -2.41. The molecule has 2 N–H and O–H groups in total. The molecule has 0 saturated heterocycles. The summed E-state index contributed by atoms with van der Waals surface area (Å²) in [6, 6.07) is 10.2. The number of carbonyl (C=O) groups excluding carboxylic acids is 1. The predicted molar refractivity (Wildman–Crippen MR) is 146 cm³/mol. The molecule has 0 radical (unpaired) electrons. The second-order valence-electron chi connectivity index (χ2n) is 7.98. The van der Waals surface area contributed by atoms with E-state index < -0.39 is 17.0 Å². The number of Topliss-reactive ketones (excluding diaryl/α,β-unsaturated/α-hetero) is 1. The number of carbonyl (C=O) groups is 1. The second-order valence-corrected chi connectivity index (χ2v) is 9.77. The van der Waals surface area contributed by atoms with E-state index in [0.29, 0.717) is 43.8 Å². The van der Waals surface area contributed by atoms with E-state index >= 15 is 0 Å². The maximum Gasteiger partial charge on any atom is 0.332 e. The van der Waals surface area contributed by atoms with Gasteiger partial charge in [0.1, 0.15) is 22.9 Å². The van der Waals surface area contributed by atoms with Gasteiger partial charge in [0.2, 0.25) is 0 Å². The number of ether oxygens (including phenoxy) is 2. The van der Waals surface area contributed by atoms with Crippen molar-refractivity contribution in [2.45, 2.75) is 5.16 Å². The monoisotopic (exact) mass is 576 g/mol. The first kappa shape index (κ1) is 27.3. The van der Waals surface area contributed by atoms with Crippen molar-refractivity contribution in [3.05, 3.63) is 72.8 Å². The summed E-state index contributed by atoms with van der Waals surface area (Å²) in [6.45, 7) is 0. The summed E-state index contributed by atoms with van der Waals surface area (Å²) in [5, 5.41) is 9.74. The van der Waals surface area contributed by atoms with Crippen LogP contribution in [0.3, 0.4) is 0 Å². The number of thioether (sulfide) groups is 1. The number of hydrogen-bond donors (Lipinski definition) is 1. The number of nitrogens with zero attached hydrogens (tertiary/aromatic N) is 5. The largest absolute Gasteiger partial charge is 0.496 e. The molecule has 0 spiro atoms. The van der Waals surface area contributed by atoms with Gasteiger partial charge >= 0.3 is 5.69 Å². The Labute approximate surface area is 230 Å². The molecule has 11 nitrogen and oxygen atoms in total. The Kier molecular flexibility index (Phi) is 7.86. The van der Waals surface area contributed by atoms with Crippen LogP contribution in [-0.4, -0.2) is 49.7 Å². The van der Waals surface area contributed by atoms with Crippen LogP contribution < -0.4 is 26.5 Å². The maximum atomic E-state index is 13.1. The smallest absolute Gasteiger partial charge is 0.332 e. The number of hydrogen-bond acceptors (Lipinski definition) is 9. The molecule has 0 fully saturated rings. The number of halogens is 2. The van der Waals surface area contributed by atoms with Crippen LogP contribution in [0.25, 0.3) is 17.1 Å². The third-order valence-corrected chi connectivity index (χ3v) is 7.21. The van der Waals surface area contributed by atoms with E-state index in [1.54, 1.807) is 41.0 Å².